The minimum absolute atomic E-state index is 0.144. The molecule has 2 N–H and O–H groups in total. The van der Waals surface area contributed by atoms with E-state index in [1.807, 2.05) is 25.1 Å². The lowest BCUT2D eigenvalue weighted by molar-refractivity contribution is -0.00403. The minimum Gasteiger partial charge on any atom is -0.490 e. The highest BCUT2D eigenvalue weighted by atomic mass is 35.5. The smallest absolute Gasteiger partial charge is 0.263 e. The van der Waals surface area contributed by atoms with E-state index in [2.05, 4.69) is 28.7 Å². The molecule has 7 rings (SSSR count). The Morgan fingerprint density at radius 3 is 2.73 bits per heavy atom. The molecule has 2 saturated carbocycles. The molecule has 6 nitrogen and oxygen atoms in total. The average Bonchev–Trinajstić information content (AvgIpc) is 3.63. The van der Waals surface area contributed by atoms with Crippen molar-refractivity contribution in [3.05, 3.63) is 58.1 Å². The van der Waals surface area contributed by atoms with E-state index in [1.165, 1.54) is 11.1 Å². The second kappa shape index (κ2) is 10.6. The number of rotatable bonds is 0. The van der Waals surface area contributed by atoms with E-state index in [9.17, 15) is 14.1 Å². The van der Waals surface area contributed by atoms with Gasteiger partial charge < -0.3 is 14.7 Å². The maximum atomic E-state index is 13.3. The highest BCUT2D eigenvalue weighted by Gasteiger charge is 2.55. The van der Waals surface area contributed by atoms with Crippen molar-refractivity contribution in [1.29, 1.82) is 0 Å². The van der Waals surface area contributed by atoms with Gasteiger partial charge in [-0.2, -0.15) is 0 Å². The van der Waals surface area contributed by atoms with Crippen LogP contribution in [0.2, 0.25) is 5.02 Å². The van der Waals surface area contributed by atoms with Gasteiger partial charge in [-0.05, 0) is 123 Å². The molecule has 41 heavy (non-hydrogen) atoms. The van der Waals surface area contributed by atoms with E-state index in [0.717, 1.165) is 74.5 Å². The quantitative estimate of drug-likeness (QED) is 0.410. The summed E-state index contributed by atoms with van der Waals surface area (Å²) in [7, 11) is -1.47. The standard InChI is InChI=1S/C33H41ClN2O4S/c1-19-5-9-25-20(2)30(25)31(37)26-10-6-23(26)16-36-17-33(13-3-4-21-14-24(34)8-11-27(21)33)18-40-29-12-7-22(15-28(29)36)32(38)35-41(19)39/h7-8,11-12,14-15,19-20,23,25-26,30-31,37H,3-6,9-10,13,16-18H2,1-2H3,(H,35,38)/t19?,20-,23?,25?,26?,30?,31?,33-,41?/m0/s1. The third kappa shape index (κ3) is 4.90. The third-order valence-corrected chi connectivity index (χ3v) is 12.8. The summed E-state index contributed by atoms with van der Waals surface area (Å²) >= 11 is 6.41. The third-order valence-electron chi connectivity index (χ3n) is 11.2. The fourth-order valence-electron chi connectivity index (χ4n) is 8.48. The van der Waals surface area contributed by atoms with Crippen LogP contribution in [0, 0.1) is 29.6 Å². The molecular weight excluding hydrogens is 556 g/mol. The van der Waals surface area contributed by atoms with Crippen LogP contribution in [0.1, 0.15) is 73.9 Å². The van der Waals surface area contributed by atoms with Gasteiger partial charge in [-0.15, -0.1) is 0 Å². The maximum Gasteiger partial charge on any atom is 0.263 e. The van der Waals surface area contributed by atoms with Crippen LogP contribution in [0.3, 0.4) is 0 Å². The minimum atomic E-state index is -1.47. The molecule has 220 valence electrons. The van der Waals surface area contributed by atoms with Gasteiger partial charge in [0.2, 0.25) is 0 Å². The molecule has 0 radical (unpaired) electrons. The highest BCUT2D eigenvalue weighted by molar-refractivity contribution is 7.84. The Bertz CT molecular complexity index is 1380. The number of carbonyl (C=O) groups excluding carboxylic acids is 1. The molecule has 0 aromatic heterocycles. The number of ether oxygens (including phenoxy) is 1. The number of nitrogens with zero attached hydrogens (tertiary/aromatic N) is 1. The van der Waals surface area contributed by atoms with Crippen molar-refractivity contribution in [2.45, 2.75) is 75.6 Å². The van der Waals surface area contributed by atoms with Crippen molar-refractivity contribution in [1.82, 2.24) is 4.72 Å². The molecular formula is C33H41ClN2O4S. The Balaban J connectivity index is 1.28. The van der Waals surface area contributed by atoms with E-state index in [4.69, 9.17) is 16.3 Å². The number of halogens is 1. The van der Waals surface area contributed by atoms with E-state index in [0.29, 0.717) is 41.8 Å². The summed E-state index contributed by atoms with van der Waals surface area (Å²) in [5.74, 6) is 2.43. The maximum absolute atomic E-state index is 13.3. The lowest BCUT2D eigenvalue weighted by Crippen LogP contribution is -2.50. The SMILES string of the molecule is CC1CCC2C(C(O)C3CCC3CN3C[C@@]4(CCCc5cc(Cl)ccc54)COc4ccc(cc43)C(=O)NS1=O)[C@H]2C. The number of aryl methyl sites for hydroxylation is 1. The topological polar surface area (TPSA) is 78.9 Å². The van der Waals surface area contributed by atoms with Gasteiger partial charge in [0.15, 0.2) is 0 Å². The zero-order chi connectivity index (χ0) is 28.5. The van der Waals surface area contributed by atoms with Crippen molar-refractivity contribution in [3.8, 4) is 5.75 Å². The summed E-state index contributed by atoms with van der Waals surface area (Å²) in [6, 6.07) is 11.9. The number of aliphatic hydroxyl groups excluding tert-OH is 1. The van der Waals surface area contributed by atoms with Gasteiger partial charge in [0.25, 0.3) is 5.91 Å². The molecule has 7 unspecified atom stereocenters. The Labute approximate surface area is 250 Å². The number of nitrogens with one attached hydrogen (secondary N) is 1. The highest BCUT2D eigenvalue weighted by Crippen LogP contribution is 2.56. The first-order chi connectivity index (χ1) is 19.7. The molecule has 1 amide bonds. The second-order valence-corrected chi connectivity index (χ2v) is 15.5. The van der Waals surface area contributed by atoms with Crippen molar-refractivity contribution in [2.24, 2.45) is 29.6 Å². The van der Waals surface area contributed by atoms with Crippen LogP contribution in [0.4, 0.5) is 5.69 Å². The van der Waals surface area contributed by atoms with Crippen molar-refractivity contribution in [3.63, 3.8) is 0 Å². The molecule has 1 spiro atoms. The first-order valence-corrected chi connectivity index (χ1v) is 17.0. The van der Waals surface area contributed by atoms with Gasteiger partial charge in [0.1, 0.15) is 16.7 Å². The Morgan fingerprint density at radius 2 is 1.93 bits per heavy atom. The number of carbonyl (C=O) groups is 1. The van der Waals surface area contributed by atoms with Crippen molar-refractivity contribution in [2.75, 3.05) is 24.6 Å². The van der Waals surface area contributed by atoms with Crippen LogP contribution >= 0.6 is 11.6 Å². The fourth-order valence-corrected chi connectivity index (χ4v) is 9.53. The molecule has 8 heteroatoms. The number of amides is 1. The number of anilines is 1. The van der Waals surface area contributed by atoms with Crippen LogP contribution in [0.5, 0.6) is 5.75 Å². The molecule has 3 aliphatic carbocycles. The van der Waals surface area contributed by atoms with Crippen molar-refractivity contribution < 1.29 is 18.8 Å². The molecule has 2 aromatic rings. The largest absolute Gasteiger partial charge is 0.490 e. The Hall–Kier alpha value is -2.09. The summed E-state index contributed by atoms with van der Waals surface area (Å²) in [5.41, 5.74) is 3.84. The zero-order valence-electron chi connectivity index (χ0n) is 24.0. The predicted molar refractivity (Wildman–Crippen MR) is 163 cm³/mol. The number of benzene rings is 2. The predicted octanol–water partition coefficient (Wildman–Crippen LogP) is 5.66. The average molecular weight is 597 g/mol. The Kier molecular flexibility index (Phi) is 7.15. The van der Waals surface area contributed by atoms with Gasteiger partial charge >= 0.3 is 0 Å². The number of hydrogen-bond donors (Lipinski definition) is 2. The molecule has 5 aliphatic rings. The Morgan fingerprint density at radius 1 is 1.10 bits per heavy atom. The number of aliphatic hydroxyl groups is 1. The monoisotopic (exact) mass is 596 g/mol. The van der Waals surface area contributed by atoms with Gasteiger partial charge in [0, 0.05) is 29.1 Å². The van der Waals surface area contributed by atoms with Gasteiger partial charge in [-0.3, -0.25) is 9.52 Å². The molecule has 0 saturated heterocycles. The van der Waals surface area contributed by atoms with Crippen molar-refractivity contribution >= 4 is 34.2 Å². The molecule has 2 fully saturated rings. The van der Waals surface area contributed by atoms with Crippen LogP contribution < -0.4 is 14.4 Å². The van der Waals surface area contributed by atoms with E-state index >= 15 is 0 Å². The van der Waals surface area contributed by atoms with E-state index in [-0.39, 0.29) is 22.7 Å². The van der Waals surface area contributed by atoms with Gasteiger partial charge in [-0.25, -0.2) is 4.21 Å². The van der Waals surface area contributed by atoms with Gasteiger partial charge in [-0.1, -0.05) is 24.6 Å². The van der Waals surface area contributed by atoms with E-state index < -0.39 is 11.0 Å². The molecule has 9 atom stereocenters. The molecule has 2 aromatic carbocycles. The van der Waals surface area contributed by atoms with E-state index in [1.54, 1.807) is 6.07 Å². The molecule has 2 aliphatic heterocycles. The number of hydrogen-bond acceptors (Lipinski definition) is 5. The summed E-state index contributed by atoms with van der Waals surface area (Å²) < 4.78 is 22.4. The van der Waals surface area contributed by atoms with Crippen LogP contribution in [0.25, 0.3) is 0 Å². The molecule has 2 bridgehead atoms. The van der Waals surface area contributed by atoms with Crippen LogP contribution in [-0.2, 0) is 22.8 Å². The summed E-state index contributed by atoms with van der Waals surface area (Å²) in [5, 5.41) is 12.2. The fraction of sp³-hybridized carbons (Fsp3) is 0.606. The van der Waals surface area contributed by atoms with Crippen LogP contribution in [0.15, 0.2) is 36.4 Å². The van der Waals surface area contributed by atoms with Crippen LogP contribution in [-0.4, -0.2) is 46.3 Å². The zero-order valence-corrected chi connectivity index (χ0v) is 25.6. The number of fused-ring (bicyclic) bond motifs is 5. The van der Waals surface area contributed by atoms with Gasteiger partial charge in [0.05, 0.1) is 23.6 Å². The summed E-state index contributed by atoms with van der Waals surface area (Å²) in [4.78, 5) is 15.7. The first-order valence-electron chi connectivity index (χ1n) is 15.4. The summed E-state index contributed by atoms with van der Waals surface area (Å²) in [6.45, 7) is 6.37. The lowest BCUT2D eigenvalue weighted by atomic mass is 9.67. The first kappa shape index (κ1) is 27.7. The lowest BCUT2D eigenvalue weighted by Gasteiger charge is -2.46. The molecule has 2 heterocycles. The second-order valence-electron chi connectivity index (χ2n) is 13.5. The summed E-state index contributed by atoms with van der Waals surface area (Å²) in [6.07, 6.45) is 6.71. The normalized spacial score (nSPS) is 38.3.